The van der Waals surface area contributed by atoms with Crippen LogP contribution in [0.1, 0.15) is 36.7 Å². The van der Waals surface area contributed by atoms with Gasteiger partial charge in [0.25, 0.3) is 5.91 Å². The first-order chi connectivity index (χ1) is 14.8. The highest BCUT2D eigenvalue weighted by Crippen LogP contribution is 2.21. The molecule has 0 atom stereocenters. The van der Waals surface area contributed by atoms with Crippen molar-refractivity contribution in [3.05, 3.63) is 90.0 Å². The lowest BCUT2D eigenvalue weighted by atomic mass is 9.95. The predicted octanol–water partition coefficient (Wildman–Crippen LogP) is 5.55. The van der Waals surface area contributed by atoms with Crippen molar-refractivity contribution in [2.24, 2.45) is 5.41 Å². The summed E-state index contributed by atoms with van der Waals surface area (Å²) in [6, 6.07) is 24.3. The van der Waals surface area contributed by atoms with E-state index in [1.54, 1.807) is 48.5 Å². The largest absolute Gasteiger partial charge is 0.493 e. The lowest BCUT2D eigenvalue weighted by molar-refractivity contribution is -0.123. The number of ether oxygens (including phenoxy) is 1. The van der Waals surface area contributed by atoms with Gasteiger partial charge in [-0.1, -0.05) is 57.2 Å². The number of hydrogen-bond donors (Lipinski definition) is 2. The Kier molecular flexibility index (Phi) is 7.08. The Balaban J connectivity index is 1.54. The van der Waals surface area contributed by atoms with E-state index in [0.717, 1.165) is 12.2 Å². The van der Waals surface area contributed by atoms with E-state index in [-0.39, 0.29) is 11.8 Å². The average Bonchev–Trinajstić information content (AvgIpc) is 2.74. The molecule has 0 fully saturated rings. The van der Waals surface area contributed by atoms with Gasteiger partial charge in [-0.15, -0.1) is 0 Å². The number of benzene rings is 3. The molecular weight excluding hydrogens is 388 g/mol. The maximum atomic E-state index is 12.6. The topological polar surface area (TPSA) is 67.4 Å². The highest BCUT2D eigenvalue weighted by Gasteiger charge is 2.21. The van der Waals surface area contributed by atoms with Crippen molar-refractivity contribution in [1.29, 1.82) is 0 Å². The monoisotopic (exact) mass is 416 g/mol. The Morgan fingerprint density at radius 2 is 1.45 bits per heavy atom. The van der Waals surface area contributed by atoms with E-state index >= 15 is 0 Å². The van der Waals surface area contributed by atoms with E-state index in [0.29, 0.717) is 23.5 Å². The van der Waals surface area contributed by atoms with Crippen LogP contribution in [0, 0.1) is 5.41 Å². The third kappa shape index (κ3) is 6.71. The molecule has 2 amide bonds. The number of carbonyl (C=O) groups excluding carboxylic acids is 2. The molecular formula is C26H28N2O3. The van der Waals surface area contributed by atoms with E-state index in [2.05, 4.69) is 22.8 Å². The van der Waals surface area contributed by atoms with Crippen LogP contribution in [0.2, 0.25) is 0 Å². The quantitative estimate of drug-likeness (QED) is 0.531. The normalized spacial score (nSPS) is 10.9. The van der Waals surface area contributed by atoms with E-state index in [4.69, 9.17) is 4.74 Å². The minimum Gasteiger partial charge on any atom is -0.493 e. The third-order valence-corrected chi connectivity index (χ3v) is 4.68. The molecule has 160 valence electrons. The molecule has 2 N–H and O–H groups in total. The minimum atomic E-state index is -0.496. The van der Waals surface area contributed by atoms with Gasteiger partial charge in [-0.3, -0.25) is 9.59 Å². The highest BCUT2D eigenvalue weighted by atomic mass is 16.5. The number of nitrogens with one attached hydrogen (secondary N) is 2. The molecule has 3 aromatic rings. The van der Waals surface area contributed by atoms with Crippen LogP contribution in [0.15, 0.2) is 78.9 Å². The van der Waals surface area contributed by atoms with Gasteiger partial charge in [0.15, 0.2) is 0 Å². The summed E-state index contributed by atoms with van der Waals surface area (Å²) in [5, 5.41) is 5.73. The number of amides is 2. The Bertz CT molecular complexity index is 1020. The zero-order valence-electron chi connectivity index (χ0n) is 18.1. The van der Waals surface area contributed by atoms with Crippen LogP contribution in [-0.2, 0) is 11.2 Å². The van der Waals surface area contributed by atoms with Crippen molar-refractivity contribution in [2.45, 2.75) is 27.2 Å². The average molecular weight is 417 g/mol. The highest BCUT2D eigenvalue weighted by molar-refractivity contribution is 6.04. The molecule has 0 spiro atoms. The molecule has 5 nitrogen and oxygen atoms in total. The van der Waals surface area contributed by atoms with Crippen LogP contribution in [0.3, 0.4) is 0 Å². The Morgan fingerprint density at radius 1 is 0.806 bits per heavy atom. The zero-order chi connectivity index (χ0) is 22.3. The number of rotatable bonds is 7. The van der Waals surface area contributed by atoms with Crippen molar-refractivity contribution in [2.75, 3.05) is 17.2 Å². The van der Waals surface area contributed by atoms with Crippen molar-refractivity contribution >= 4 is 23.2 Å². The van der Waals surface area contributed by atoms with Crippen LogP contribution in [0.5, 0.6) is 5.75 Å². The van der Waals surface area contributed by atoms with Crippen molar-refractivity contribution in [3.63, 3.8) is 0 Å². The predicted molar refractivity (Wildman–Crippen MR) is 125 cm³/mol. The first-order valence-electron chi connectivity index (χ1n) is 10.3. The van der Waals surface area contributed by atoms with E-state index < -0.39 is 5.41 Å². The smallest absolute Gasteiger partial charge is 0.255 e. The summed E-state index contributed by atoms with van der Waals surface area (Å²) in [5.74, 6) is 0.410. The first kappa shape index (κ1) is 22.1. The van der Waals surface area contributed by atoms with E-state index in [1.165, 1.54) is 5.56 Å². The second kappa shape index (κ2) is 9.94. The van der Waals surface area contributed by atoms with Gasteiger partial charge in [-0.25, -0.2) is 0 Å². The number of anilines is 2. The maximum Gasteiger partial charge on any atom is 0.255 e. The summed E-state index contributed by atoms with van der Waals surface area (Å²) < 4.78 is 5.77. The van der Waals surface area contributed by atoms with Crippen LogP contribution >= 0.6 is 0 Å². The van der Waals surface area contributed by atoms with Gasteiger partial charge in [0, 0.05) is 28.8 Å². The van der Waals surface area contributed by atoms with Gasteiger partial charge in [-0.05, 0) is 48.0 Å². The molecule has 0 aliphatic rings. The molecule has 0 bridgehead atoms. The minimum absolute atomic E-state index is 0.0844. The van der Waals surface area contributed by atoms with Crippen molar-refractivity contribution in [1.82, 2.24) is 0 Å². The molecule has 3 rings (SSSR count). The molecule has 31 heavy (non-hydrogen) atoms. The van der Waals surface area contributed by atoms with Crippen LogP contribution in [-0.4, -0.2) is 18.4 Å². The lowest BCUT2D eigenvalue weighted by Gasteiger charge is -2.18. The van der Waals surface area contributed by atoms with Crippen LogP contribution < -0.4 is 15.4 Å². The Labute approximate surface area is 183 Å². The molecule has 0 aliphatic carbocycles. The summed E-state index contributed by atoms with van der Waals surface area (Å²) in [4.78, 5) is 24.7. The van der Waals surface area contributed by atoms with Gasteiger partial charge < -0.3 is 15.4 Å². The molecule has 0 unspecified atom stereocenters. The number of hydrogen-bond acceptors (Lipinski definition) is 3. The molecule has 5 heteroatoms. The zero-order valence-corrected chi connectivity index (χ0v) is 18.1. The summed E-state index contributed by atoms with van der Waals surface area (Å²) >= 11 is 0. The second-order valence-corrected chi connectivity index (χ2v) is 8.35. The molecule has 0 radical (unpaired) electrons. The molecule has 0 aliphatic heterocycles. The molecule has 0 saturated heterocycles. The molecule has 0 heterocycles. The fourth-order valence-electron chi connectivity index (χ4n) is 2.83. The summed E-state index contributed by atoms with van der Waals surface area (Å²) in [7, 11) is 0. The van der Waals surface area contributed by atoms with E-state index in [9.17, 15) is 9.59 Å². The van der Waals surface area contributed by atoms with Gasteiger partial charge in [0.1, 0.15) is 5.75 Å². The fourth-order valence-corrected chi connectivity index (χ4v) is 2.83. The van der Waals surface area contributed by atoms with Crippen molar-refractivity contribution < 1.29 is 14.3 Å². The lowest BCUT2D eigenvalue weighted by Crippen LogP contribution is -2.27. The van der Waals surface area contributed by atoms with Gasteiger partial charge >= 0.3 is 0 Å². The first-order valence-corrected chi connectivity index (χ1v) is 10.3. The molecule has 0 aromatic heterocycles. The van der Waals surface area contributed by atoms with Gasteiger partial charge in [0.05, 0.1) is 6.61 Å². The second-order valence-electron chi connectivity index (χ2n) is 8.35. The van der Waals surface area contributed by atoms with Crippen LogP contribution in [0.25, 0.3) is 0 Å². The third-order valence-electron chi connectivity index (χ3n) is 4.68. The molecule has 0 saturated carbocycles. The van der Waals surface area contributed by atoms with Crippen molar-refractivity contribution in [3.8, 4) is 5.75 Å². The summed E-state index contributed by atoms with van der Waals surface area (Å²) in [6.45, 7) is 6.12. The summed E-state index contributed by atoms with van der Waals surface area (Å²) in [6.07, 6.45) is 0.825. The number of carbonyl (C=O) groups is 2. The Hall–Kier alpha value is -3.60. The fraction of sp³-hybridized carbons (Fsp3) is 0.231. The maximum absolute atomic E-state index is 12.6. The van der Waals surface area contributed by atoms with E-state index in [1.807, 2.05) is 39.0 Å². The molecule has 3 aromatic carbocycles. The summed E-state index contributed by atoms with van der Waals surface area (Å²) in [5.41, 5.74) is 2.50. The standard InChI is InChI=1S/C26H28N2O3/c1-26(2,3)25(30)28-22-11-7-10-21(18-22)27-24(29)20-12-14-23(15-13-20)31-17-16-19-8-5-4-6-9-19/h4-15,18H,16-17H2,1-3H3,(H,27,29)(H,28,30). The van der Waals surface area contributed by atoms with Gasteiger partial charge in [-0.2, -0.15) is 0 Å². The van der Waals surface area contributed by atoms with Crippen LogP contribution in [0.4, 0.5) is 11.4 Å². The van der Waals surface area contributed by atoms with Gasteiger partial charge in [0.2, 0.25) is 5.91 Å². The SMILES string of the molecule is CC(C)(C)C(=O)Nc1cccc(NC(=O)c2ccc(OCCc3ccccc3)cc2)c1. The Morgan fingerprint density at radius 3 is 2.10 bits per heavy atom.